The maximum atomic E-state index is 12.2. The largest absolute Gasteiger partial charge is 0.333 e. The van der Waals surface area contributed by atoms with Crippen molar-refractivity contribution in [1.29, 1.82) is 0 Å². The molecule has 1 aliphatic rings. The van der Waals surface area contributed by atoms with E-state index in [-0.39, 0.29) is 6.03 Å². The third-order valence-electron chi connectivity index (χ3n) is 5.08. The number of imidazole rings is 1. The molecule has 2 heterocycles. The number of anilines is 1. The molecular formula is C20H29N5O. The molecule has 2 amide bonds. The molecule has 26 heavy (non-hydrogen) atoms. The molecule has 1 aromatic carbocycles. The molecule has 0 aliphatic carbocycles. The van der Waals surface area contributed by atoms with Crippen LogP contribution >= 0.6 is 0 Å². The second-order valence-corrected chi connectivity index (χ2v) is 6.99. The summed E-state index contributed by atoms with van der Waals surface area (Å²) in [6.07, 6.45) is 7.44. The van der Waals surface area contributed by atoms with E-state index in [2.05, 4.69) is 46.5 Å². The second-order valence-electron chi connectivity index (χ2n) is 6.99. The number of carbonyl (C=O) groups is 1. The van der Waals surface area contributed by atoms with Crippen LogP contribution in [0.1, 0.15) is 44.4 Å². The van der Waals surface area contributed by atoms with Crippen molar-refractivity contribution in [1.82, 2.24) is 19.8 Å². The summed E-state index contributed by atoms with van der Waals surface area (Å²) in [6.45, 7) is 7.76. The maximum Gasteiger partial charge on any atom is 0.319 e. The number of hydrogen-bond acceptors (Lipinski definition) is 3. The fourth-order valence-corrected chi connectivity index (χ4v) is 3.50. The number of aromatic nitrogens is 2. The minimum absolute atomic E-state index is 0.197. The Bertz CT molecular complexity index is 726. The standard InChI is InChI=1S/C20H29N5O/c1-3-24-15-21-12-19(24)13-22-20(26)23-18-9-6-8-17(11-18)14-25-10-5-4-7-16(25)2/h6,8-9,11-12,15-16H,3-5,7,10,13-14H2,1-2H3,(H2,22,23,26). The van der Waals surface area contributed by atoms with Gasteiger partial charge in [-0.25, -0.2) is 9.78 Å². The molecule has 140 valence electrons. The lowest BCUT2D eigenvalue weighted by Gasteiger charge is -2.33. The first-order valence-corrected chi connectivity index (χ1v) is 9.52. The smallest absolute Gasteiger partial charge is 0.319 e. The number of hydrogen-bond donors (Lipinski definition) is 2. The number of piperidine rings is 1. The number of rotatable bonds is 6. The molecule has 6 nitrogen and oxygen atoms in total. The van der Waals surface area contributed by atoms with Crippen molar-refractivity contribution < 1.29 is 4.79 Å². The Labute approximate surface area is 155 Å². The molecule has 1 aromatic heterocycles. The van der Waals surface area contributed by atoms with Gasteiger partial charge >= 0.3 is 6.03 Å². The highest BCUT2D eigenvalue weighted by atomic mass is 16.2. The molecule has 2 N–H and O–H groups in total. The van der Waals surface area contributed by atoms with Gasteiger partial charge in [-0.2, -0.15) is 0 Å². The summed E-state index contributed by atoms with van der Waals surface area (Å²) < 4.78 is 2.01. The van der Waals surface area contributed by atoms with Crippen molar-refractivity contribution in [3.8, 4) is 0 Å². The van der Waals surface area contributed by atoms with Gasteiger partial charge < -0.3 is 15.2 Å². The quantitative estimate of drug-likeness (QED) is 0.832. The third kappa shape index (κ3) is 4.85. The zero-order valence-electron chi connectivity index (χ0n) is 15.7. The highest BCUT2D eigenvalue weighted by Crippen LogP contribution is 2.20. The highest BCUT2D eigenvalue weighted by molar-refractivity contribution is 5.89. The Morgan fingerprint density at radius 1 is 1.35 bits per heavy atom. The van der Waals surface area contributed by atoms with Crippen LogP contribution in [-0.2, 0) is 19.6 Å². The van der Waals surface area contributed by atoms with E-state index in [0.29, 0.717) is 12.6 Å². The second kappa shape index (κ2) is 8.85. The van der Waals surface area contributed by atoms with E-state index in [1.54, 1.807) is 12.5 Å². The molecule has 0 saturated carbocycles. The summed E-state index contributed by atoms with van der Waals surface area (Å²) >= 11 is 0. The van der Waals surface area contributed by atoms with Gasteiger partial charge in [-0.1, -0.05) is 18.6 Å². The average Bonchev–Trinajstić information content (AvgIpc) is 3.10. The van der Waals surface area contributed by atoms with Gasteiger partial charge in [-0.3, -0.25) is 4.90 Å². The van der Waals surface area contributed by atoms with E-state index in [9.17, 15) is 4.79 Å². The van der Waals surface area contributed by atoms with Crippen molar-refractivity contribution in [3.05, 3.63) is 48.0 Å². The fourth-order valence-electron chi connectivity index (χ4n) is 3.50. The first kappa shape index (κ1) is 18.5. The van der Waals surface area contributed by atoms with Crippen molar-refractivity contribution in [3.63, 3.8) is 0 Å². The number of aryl methyl sites for hydroxylation is 1. The molecule has 1 saturated heterocycles. The molecule has 1 atom stereocenters. The van der Waals surface area contributed by atoms with Crippen LogP contribution < -0.4 is 10.6 Å². The van der Waals surface area contributed by atoms with Crippen LogP contribution in [0.2, 0.25) is 0 Å². The molecule has 0 radical (unpaired) electrons. The lowest BCUT2D eigenvalue weighted by Crippen LogP contribution is -2.36. The maximum absolute atomic E-state index is 12.2. The normalized spacial score (nSPS) is 17.8. The molecule has 3 rings (SSSR count). The summed E-state index contributed by atoms with van der Waals surface area (Å²) in [7, 11) is 0. The Morgan fingerprint density at radius 2 is 2.23 bits per heavy atom. The lowest BCUT2D eigenvalue weighted by molar-refractivity contribution is 0.152. The van der Waals surface area contributed by atoms with E-state index < -0.39 is 0 Å². The van der Waals surface area contributed by atoms with E-state index in [1.807, 2.05) is 16.7 Å². The van der Waals surface area contributed by atoms with Crippen LogP contribution in [-0.4, -0.2) is 33.1 Å². The zero-order chi connectivity index (χ0) is 18.4. The van der Waals surface area contributed by atoms with Gasteiger partial charge in [0, 0.05) is 31.0 Å². The minimum Gasteiger partial charge on any atom is -0.333 e. The number of benzene rings is 1. The Balaban J connectivity index is 1.53. The monoisotopic (exact) mass is 355 g/mol. The van der Waals surface area contributed by atoms with Crippen molar-refractivity contribution >= 4 is 11.7 Å². The van der Waals surface area contributed by atoms with Crippen molar-refractivity contribution in [2.45, 2.75) is 58.8 Å². The summed E-state index contributed by atoms with van der Waals surface area (Å²) in [5.41, 5.74) is 3.06. The first-order valence-electron chi connectivity index (χ1n) is 9.52. The Hall–Kier alpha value is -2.34. The van der Waals surface area contributed by atoms with E-state index in [1.165, 1.54) is 24.8 Å². The molecule has 1 fully saturated rings. The van der Waals surface area contributed by atoms with Crippen LogP contribution in [0.5, 0.6) is 0 Å². The van der Waals surface area contributed by atoms with E-state index >= 15 is 0 Å². The van der Waals surface area contributed by atoms with Gasteiger partial charge in [-0.05, 0) is 50.9 Å². The first-order chi connectivity index (χ1) is 12.7. The highest BCUT2D eigenvalue weighted by Gasteiger charge is 2.18. The van der Waals surface area contributed by atoms with Crippen LogP contribution in [0, 0.1) is 0 Å². The molecular weight excluding hydrogens is 326 g/mol. The summed E-state index contributed by atoms with van der Waals surface area (Å²) in [5.74, 6) is 0. The number of nitrogens with zero attached hydrogens (tertiary/aromatic N) is 3. The molecule has 6 heteroatoms. The third-order valence-corrected chi connectivity index (χ3v) is 5.08. The molecule has 1 unspecified atom stereocenters. The Kier molecular flexibility index (Phi) is 6.28. The van der Waals surface area contributed by atoms with Crippen LogP contribution in [0.15, 0.2) is 36.8 Å². The summed E-state index contributed by atoms with van der Waals surface area (Å²) in [4.78, 5) is 18.8. The SMILES string of the molecule is CCn1cncc1CNC(=O)Nc1cccc(CN2CCCCC2C)c1. The van der Waals surface area contributed by atoms with Crippen molar-refractivity contribution in [2.75, 3.05) is 11.9 Å². The van der Waals surface area contributed by atoms with E-state index in [4.69, 9.17) is 0 Å². The van der Waals surface area contributed by atoms with Crippen LogP contribution in [0.4, 0.5) is 10.5 Å². The van der Waals surface area contributed by atoms with Crippen LogP contribution in [0.3, 0.4) is 0 Å². The number of carbonyl (C=O) groups excluding carboxylic acids is 1. The lowest BCUT2D eigenvalue weighted by atomic mass is 10.0. The topological polar surface area (TPSA) is 62.2 Å². The number of urea groups is 1. The molecule has 1 aliphatic heterocycles. The predicted molar refractivity (Wildman–Crippen MR) is 104 cm³/mol. The fraction of sp³-hybridized carbons (Fsp3) is 0.500. The van der Waals surface area contributed by atoms with Gasteiger partial charge in [0.15, 0.2) is 0 Å². The summed E-state index contributed by atoms with van der Waals surface area (Å²) in [5, 5.41) is 5.83. The molecule has 0 bridgehead atoms. The average molecular weight is 355 g/mol. The number of likely N-dealkylation sites (tertiary alicyclic amines) is 1. The predicted octanol–water partition coefficient (Wildman–Crippen LogP) is 3.60. The van der Waals surface area contributed by atoms with Gasteiger partial charge in [0.1, 0.15) is 0 Å². The van der Waals surface area contributed by atoms with Gasteiger partial charge in [0.2, 0.25) is 0 Å². The van der Waals surface area contributed by atoms with Crippen molar-refractivity contribution in [2.24, 2.45) is 0 Å². The van der Waals surface area contributed by atoms with Crippen LogP contribution in [0.25, 0.3) is 0 Å². The minimum atomic E-state index is -0.197. The number of nitrogens with one attached hydrogen (secondary N) is 2. The van der Waals surface area contributed by atoms with E-state index in [0.717, 1.165) is 31.0 Å². The summed E-state index contributed by atoms with van der Waals surface area (Å²) in [6, 6.07) is 8.57. The number of amides is 2. The van der Waals surface area contributed by atoms with Gasteiger partial charge in [0.05, 0.1) is 18.6 Å². The Morgan fingerprint density at radius 3 is 3.04 bits per heavy atom. The van der Waals surface area contributed by atoms with Gasteiger partial charge in [0.25, 0.3) is 0 Å². The molecule has 2 aromatic rings. The molecule has 0 spiro atoms. The van der Waals surface area contributed by atoms with Gasteiger partial charge in [-0.15, -0.1) is 0 Å². The zero-order valence-corrected chi connectivity index (χ0v) is 15.7.